The van der Waals surface area contributed by atoms with Gasteiger partial charge in [0, 0.05) is 24.8 Å². The number of hydrogen-bond donors (Lipinski definition) is 4. The number of carboxylic acid groups (broad SMARTS) is 4. The van der Waals surface area contributed by atoms with Crippen LogP contribution < -0.4 is 79.5 Å². The summed E-state index contributed by atoms with van der Waals surface area (Å²) < 4.78 is -3.89. The van der Waals surface area contributed by atoms with Gasteiger partial charge in [0.25, 0.3) is 0 Å². The molecule has 0 fully saturated rings. The van der Waals surface area contributed by atoms with Crippen LogP contribution in [0, 0.1) is 0 Å². The normalized spacial score (nSPS) is 9.57. The summed E-state index contributed by atoms with van der Waals surface area (Å²) in [6.45, 7) is 0. The van der Waals surface area contributed by atoms with Gasteiger partial charge in [-0.15, -0.1) is 0 Å². The second-order valence-corrected chi connectivity index (χ2v) is 7.07. The molecule has 0 saturated heterocycles. The monoisotopic (exact) mass is 526 g/mol. The van der Waals surface area contributed by atoms with Crippen LogP contribution in [0.25, 0.3) is 0 Å². The Morgan fingerprint density at radius 1 is 0.652 bits per heavy atom. The number of hydrogen-bond acceptors (Lipinski definition) is 12. The summed E-state index contributed by atoms with van der Waals surface area (Å²) >= 11 is 13.6. The second kappa shape index (κ2) is 16.3. The van der Waals surface area contributed by atoms with Gasteiger partial charge in [0.2, 0.25) is 0 Å². The fourth-order valence-electron chi connectivity index (χ4n) is 0.547. The van der Waals surface area contributed by atoms with E-state index in [2.05, 4.69) is 50.5 Å². The van der Waals surface area contributed by atoms with Crippen LogP contribution in [-0.2, 0) is 19.2 Å². The molecule has 0 aliphatic heterocycles. The van der Waals surface area contributed by atoms with Gasteiger partial charge in [0.15, 0.2) is 0 Å². The Labute approximate surface area is 215 Å². The van der Waals surface area contributed by atoms with Crippen molar-refractivity contribution in [3.8, 4) is 0 Å². The molecule has 0 rings (SSSR count). The quantitative estimate of drug-likeness (QED) is 0.151. The average Bonchev–Trinajstić information content (AvgIpc) is 2.13. The molecule has 0 aromatic rings. The van der Waals surface area contributed by atoms with Gasteiger partial charge in [-0.3, -0.25) is 0 Å². The zero-order valence-corrected chi connectivity index (χ0v) is 22.4. The van der Waals surface area contributed by atoms with Gasteiger partial charge in [0.1, 0.15) is 0 Å². The van der Waals surface area contributed by atoms with E-state index >= 15 is 0 Å². The van der Waals surface area contributed by atoms with Crippen LogP contribution in [0.2, 0.25) is 0 Å². The maximum atomic E-state index is 10.0. The third-order valence-corrected chi connectivity index (χ3v) is 2.80. The van der Waals surface area contributed by atoms with Crippen LogP contribution in [0.3, 0.4) is 0 Å². The third kappa shape index (κ3) is 20.2. The first-order chi connectivity index (χ1) is 8.72. The number of thiol groups is 4. The van der Waals surface area contributed by atoms with Crippen LogP contribution >= 0.6 is 50.5 Å². The molecule has 0 saturated carbocycles. The zero-order chi connectivity index (χ0) is 16.7. The predicted molar refractivity (Wildman–Crippen MR) is 76.4 cm³/mol. The number of carboxylic acids is 4. The third-order valence-electron chi connectivity index (χ3n) is 1.44. The molecule has 0 aromatic carbocycles. The van der Waals surface area contributed by atoms with Crippen molar-refractivity contribution in [1.29, 1.82) is 0 Å². The van der Waals surface area contributed by atoms with Crippen LogP contribution in [0.5, 0.6) is 0 Å². The molecule has 0 atom stereocenters. The minimum atomic E-state index is -1.95. The van der Waals surface area contributed by atoms with Crippen molar-refractivity contribution in [2.45, 2.75) is 21.0 Å². The number of aliphatic carboxylic acids is 4. The first-order valence-corrected chi connectivity index (χ1v) is 6.23. The molecule has 0 bridgehead atoms. The van der Waals surface area contributed by atoms with Crippen LogP contribution in [-0.4, -0.2) is 55.9 Å². The van der Waals surface area contributed by atoms with E-state index < -0.39 is 44.9 Å². The molecule has 0 N–H and O–H groups in total. The largest absolute Gasteiger partial charge is 2.00 e. The van der Waals surface area contributed by atoms with Gasteiger partial charge in [-0.1, -0.05) is 0 Å². The summed E-state index contributed by atoms with van der Waals surface area (Å²) in [5.41, 5.74) is 0. The Hall–Kier alpha value is 2.08. The minimum Gasteiger partial charge on any atom is -0.550 e. The van der Waals surface area contributed by atoms with Crippen molar-refractivity contribution in [3.63, 3.8) is 0 Å². The molecule has 0 spiro atoms. The van der Waals surface area contributed by atoms with Crippen LogP contribution in [0.4, 0.5) is 0 Å². The summed E-state index contributed by atoms with van der Waals surface area (Å²) in [6, 6.07) is 0. The van der Waals surface area contributed by atoms with Crippen LogP contribution in [0.1, 0.15) is 12.8 Å². The maximum Gasteiger partial charge on any atom is 2.00 e. The molecule has 15 heteroatoms. The van der Waals surface area contributed by atoms with E-state index in [1.54, 1.807) is 0 Å². The molecule has 8 nitrogen and oxygen atoms in total. The van der Waals surface area contributed by atoms with Gasteiger partial charge in [-0.25, -0.2) is 0 Å². The first kappa shape index (κ1) is 36.1. The predicted octanol–water partition coefficient (Wildman–Crippen LogP) is -11.5. The van der Waals surface area contributed by atoms with E-state index in [9.17, 15) is 39.6 Å². The molecule has 118 valence electrons. The molecule has 0 aromatic heterocycles. The van der Waals surface area contributed by atoms with E-state index in [1.165, 1.54) is 0 Å². The van der Waals surface area contributed by atoms with Gasteiger partial charge in [0.05, 0.1) is 20.1 Å². The van der Waals surface area contributed by atoms with Gasteiger partial charge >= 0.3 is 83.0 Å². The standard InChI is InChI=1S/2C4H6O4S2.2Na.Sn/c2*5-2(6)1-4(9,10)3(7)8;;;/h2*9-10H,1H2,(H,5,6)(H,7,8);;;/q;;2*+1;+2/p-4. The molecule has 0 amide bonds. The fraction of sp³-hybridized carbons (Fsp3) is 0.500. The van der Waals surface area contributed by atoms with Crippen molar-refractivity contribution in [3.05, 3.63) is 0 Å². The molecular weight excluding hydrogens is 517 g/mol. The van der Waals surface area contributed by atoms with E-state index in [0.717, 1.165) is 0 Å². The smallest absolute Gasteiger partial charge is 0.550 e. The van der Waals surface area contributed by atoms with E-state index in [1.807, 2.05) is 0 Å². The Morgan fingerprint density at radius 3 is 0.870 bits per heavy atom. The van der Waals surface area contributed by atoms with Gasteiger partial charge in [-0.05, 0) is 0 Å². The zero-order valence-electron chi connectivity index (χ0n) is 12.0. The van der Waals surface area contributed by atoms with Crippen molar-refractivity contribution in [1.82, 2.24) is 0 Å². The summed E-state index contributed by atoms with van der Waals surface area (Å²) in [5.74, 6) is -6.37. The minimum absolute atomic E-state index is 0. The Kier molecular flexibility index (Phi) is 25.5. The first-order valence-electron chi connectivity index (χ1n) is 4.44. The van der Waals surface area contributed by atoms with Gasteiger partial charge < -0.3 is 39.6 Å². The number of carbonyl (C=O) groups excluding carboxylic acids is 4. The SMILES string of the molecule is O=C([O-])CC(S)(S)C(=O)[O-].O=C([O-])CC(S)(S)C(=O)[O-].[Na+].[Na+].[Sn+2]. The van der Waals surface area contributed by atoms with Crippen LogP contribution in [0.15, 0.2) is 0 Å². The Morgan fingerprint density at radius 2 is 0.826 bits per heavy atom. The maximum absolute atomic E-state index is 10.0. The summed E-state index contributed by atoms with van der Waals surface area (Å²) in [7, 11) is 0. The molecule has 0 heterocycles. The molecule has 0 unspecified atom stereocenters. The second-order valence-electron chi connectivity index (χ2n) is 3.31. The molecular formula is C8H8Na2O8S4Sn. The van der Waals surface area contributed by atoms with E-state index in [-0.39, 0.29) is 83.0 Å². The van der Waals surface area contributed by atoms with E-state index in [4.69, 9.17) is 0 Å². The molecule has 0 aliphatic rings. The van der Waals surface area contributed by atoms with E-state index in [0.29, 0.717) is 0 Å². The van der Waals surface area contributed by atoms with Crippen molar-refractivity contribution in [2.24, 2.45) is 0 Å². The summed E-state index contributed by atoms with van der Waals surface area (Å²) in [5, 5.41) is 39.6. The fourth-order valence-corrected chi connectivity index (χ4v) is 1.06. The number of carbonyl (C=O) groups is 4. The Balaban J connectivity index is -0.0000000831. The Bertz CT molecular complexity index is 383. The molecule has 0 aliphatic carbocycles. The molecule has 23 heavy (non-hydrogen) atoms. The number of rotatable bonds is 6. The molecule has 2 radical (unpaired) electrons. The average molecular weight is 525 g/mol. The van der Waals surface area contributed by atoms with Crippen molar-refractivity contribution >= 4 is 98.3 Å². The van der Waals surface area contributed by atoms with Gasteiger partial charge in [-0.2, -0.15) is 50.5 Å². The van der Waals surface area contributed by atoms with Crippen molar-refractivity contribution in [2.75, 3.05) is 0 Å². The topological polar surface area (TPSA) is 161 Å². The summed E-state index contributed by atoms with van der Waals surface area (Å²) in [6.07, 6.45) is -1.58. The van der Waals surface area contributed by atoms with Crippen molar-refractivity contribution < 1.29 is 98.7 Å². The summed E-state index contributed by atoms with van der Waals surface area (Å²) in [4.78, 5) is 39.6.